The Morgan fingerprint density at radius 2 is 2.28 bits per heavy atom. The van der Waals surface area contributed by atoms with Crippen molar-refractivity contribution >= 4 is 17.5 Å². The minimum atomic E-state index is -0.795. The van der Waals surface area contributed by atoms with Crippen molar-refractivity contribution in [1.82, 2.24) is 4.98 Å². The number of anilines is 1. The number of rotatable bonds is 5. The summed E-state index contributed by atoms with van der Waals surface area (Å²) in [5, 5.41) is 22.5. The van der Waals surface area contributed by atoms with Crippen LogP contribution < -0.4 is 5.32 Å². The van der Waals surface area contributed by atoms with Gasteiger partial charge in [-0.25, -0.2) is 0 Å². The molecule has 96 valence electrons. The lowest BCUT2D eigenvalue weighted by atomic mass is 9.69. The lowest BCUT2D eigenvalue weighted by molar-refractivity contribution is -0.389. The van der Waals surface area contributed by atoms with Gasteiger partial charge >= 0.3 is 11.8 Å². The van der Waals surface area contributed by atoms with Crippen molar-refractivity contribution in [1.29, 1.82) is 0 Å². The number of aromatic nitrogens is 1. The summed E-state index contributed by atoms with van der Waals surface area (Å²) in [5.41, 5.74) is -0.102. The first-order valence-corrected chi connectivity index (χ1v) is 5.61. The topological polar surface area (TPSA) is 105 Å². The minimum Gasteiger partial charge on any atom is -0.481 e. The Kier molecular flexibility index (Phi) is 3.14. The van der Waals surface area contributed by atoms with Crippen LogP contribution >= 0.6 is 0 Å². The second-order valence-corrected chi connectivity index (χ2v) is 4.45. The van der Waals surface area contributed by atoms with E-state index in [-0.39, 0.29) is 5.82 Å². The zero-order valence-corrected chi connectivity index (χ0v) is 9.63. The molecule has 7 nitrogen and oxygen atoms in total. The monoisotopic (exact) mass is 251 g/mol. The van der Waals surface area contributed by atoms with Crippen LogP contribution in [0.3, 0.4) is 0 Å². The van der Waals surface area contributed by atoms with E-state index >= 15 is 0 Å². The molecule has 2 rings (SSSR count). The van der Waals surface area contributed by atoms with E-state index < -0.39 is 16.3 Å². The lowest BCUT2D eigenvalue weighted by Crippen LogP contribution is -2.43. The molecule has 0 bridgehead atoms. The Bertz CT molecular complexity index is 468. The predicted octanol–water partition coefficient (Wildman–Crippen LogP) is 1.66. The average molecular weight is 251 g/mol. The van der Waals surface area contributed by atoms with Crippen LogP contribution in [0.5, 0.6) is 0 Å². The van der Waals surface area contributed by atoms with Crippen molar-refractivity contribution in [2.24, 2.45) is 5.41 Å². The Morgan fingerprint density at radius 1 is 1.56 bits per heavy atom. The highest BCUT2D eigenvalue weighted by Crippen LogP contribution is 2.41. The third-order valence-corrected chi connectivity index (χ3v) is 3.33. The average Bonchev–Trinajstić information content (AvgIpc) is 2.27. The highest BCUT2D eigenvalue weighted by molar-refractivity contribution is 5.76. The summed E-state index contributed by atoms with van der Waals surface area (Å²) in [6.45, 7) is 0.321. The molecule has 1 saturated carbocycles. The minimum absolute atomic E-state index is 0.225. The fourth-order valence-electron chi connectivity index (χ4n) is 1.94. The molecule has 18 heavy (non-hydrogen) atoms. The quantitative estimate of drug-likeness (QED) is 0.609. The molecule has 1 heterocycles. The molecule has 0 saturated heterocycles. The van der Waals surface area contributed by atoms with E-state index in [2.05, 4.69) is 10.3 Å². The SMILES string of the molecule is O=C(O)C1(CNc2ccc([N+](=O)[O-])nc2)CCC1. The Hall–Kier alpha value is -2.18. The Balaban J connectivity index is 1.98. The van der Waals surface area contributed by atoms with Gasteiger partial charge in [-0.3, -0.25) is 4.79 Å². The van der Waals surface area contributed by atoms with Crippen molar-refractivity contribution < 1.29 is 14.8 Å². The van der Waals surface area contributed by atoms with Crippen LogP contribution in [0.4, 0.5) is 11.5 Å². The molecule has 0 amide bonds. The number of nitrogens with one attached hydrogen (secondary N) is 1. The van der Waals surface area contributed by atoms with Gasteiger partial charge in [0.1, 0.15) is 0 Å². The van der Waals surface area contributed by atoms with Crippen LogP contribution in [-0.2, 0) is 4.79 Å². The molecular formula is C11H13N3O4. The van der Waals surface area contributed by atoms with Gasteiger partial charge in [-0.2, -0.15) is 0 Å². The molecule has 0 unspecified atom stereocenters. The van der Waals surface area contributed by atoms with Gasteiger partial charge in [-0.15, -0.1) is 0 Å². The molecule has 2 N–H and O–H groups in total. The second kappa shape index (κ2) is 4.59. The number of pyridine rings is 1. The van der Waals surface area contributed by atoms with Crippen molar-refractivity contribution in [3.8, 4) is 0 Å². The largest absolute Gasteiger partial charge is 0.481 e. The van der Waals surface area contributed by atoms with Crippen LogP contribution in [0.2, 0.25) is 0 Å². The number of carboxylic acids is 1. The summed E-state index contributed by atoms with van der Waals surface area (Å²) in [6.07, 6.45) is 3.59. The third-order valence-electron chi connectivity index (χ3n) is 3.33. The van der Waals surface area contributed by atoms with Gasteiger partial charge in [0, 0.05) is 12.6 Å². The predicted molar refractivity (Wildman–Crippen MR) is 63.3 cm³/mol. The molecule has 0 aliphatic heterocycles. The molecule has 0 spiro atoms. The van der Waals surface area contributed by atoms with Gasteiger partial charge in [-0.05, 0) is 28.8 Å². The first kappa shape index (κ1) is 12.3. The molecule has 1 aliphatic rings. The van der Waals surface area contributed by atoms with Crippen molar-refractivity contribution in [3.63, 3.8) is 0 Å². The number of hydrogen-bond donors (Lipinski definition) is 2. The third kappa shape index (κ3) is 2.24. The van der Waals surface area contributed by atoms with Crippen LogP contribution in [0.25, 0.3) is 0 Å². The van der Waals surface area contributed by atoms with Gasteiger partial charge < -0.3 is 20.5 Å². The molecule has 0 radical (unpaired) electrons. The maximum atomic E-state index is 11.1. The number of carbonyl (C=O) groups is 1. The van der Waals surface area contributed by atoms with Gasteiger partial charge in [0.15, 0.2) is 6.20 Å². The number of nitrogens with zero attached hydrogens (tertiary/aromatic N) is 2. The molecule has 1 aromatic rings. The summed E-state index contributed by atoms with van der Waals surface area (Å²) >= 11 is 0. The van der Waals surface area contributed by atoms with E-state index in [1.54, 1.807) is 0 Å². The number of carboxylic acid groups (broad SMARTS) is 1. The molecule has 1 aliphatic carbocycles. The van der Waals surface area contributed by atoms with Crippen LogP contribution in [-0.4, -0.2) is 27.5 Å². The van der Waals surface area contributed by atoms with Gasteiger partial charge in [0.2, 0.25) is 0 Å². The van der Waals surface area contributed by atoms with E-state index in [9.17, 15) is 14.9 Å². The van der Waals surface area contributed by atoms with Crippen molar-refractivity contribution in [2.45, 2.75) is 19.3 Å². The standard InChI is InChI=1S/C11H13N3O4/c15-10(16)11(4-1-5-11)7-13-8-2-3-9(12-6-8)14(17)18/h2-3,6,13H,1,4-5,7H2,(H,15,16). The first-order valence-electron chi connectivity index (χ1n) is 5.61. The Morgan fingerprint density at radius 3 is 2.67 bits per heavy atom. The van der Waals surface area contributed by atoms with Crippen molar-refractivity contribution in [3.05, 3.63) is 28.4 Å². The number of aliphatic carboxylic acids is 1. The molecule has 0 aromatic carbocycles. The lowest BCUT2D eigenvalue weighted by Gasteiger charge is -2.37. The number of nitro groups is 1. The summed E-state index contributed by atoms with van der Waals surface area (Å²) in [4.78, 5) is 24.6. The summed E-state index contributed by atoms with van der Waals surface area (Å²) in [5.74, 6) is -1.02. The molecule has 0 atom stereocenters. The van der Waals surface area contributed by atoms with E-state index in [4.69, 9.17) is 5.11 Å². The Labute approximate surface area is 103 Å². The number of hydrogen-bond acceptors (Lipinski definition) is 5. The molecule has 1 fully saturated rings. The fourth-order valence-corrected chi connectivity index (χ4v) is 1.94. The van der Waals surface area contributed by atoms with Crippen LogP contribution in [0.1, 0.15) is 19.3 Å². The maximum absolute atomic E-state index is 11.1. The van der Waals surface area contributed by atoms with Gasteiger partial charge in [-0.1, -0.05) is 6.42 Å². The van der Waals surface area contributed by atoms with E-state index in [0.717, 1.165) is 6.42 Å². The van der Waals surface area contributed by atoms with E-state index in [1.807, 2.05) is 0 Å². The highest BCUT2D eigenvalue weighted by atomic mass is 16.6. The second-order valence-electron chi connectivity index (χ2n) is 4.45. The van der Waals surface area contributed by atoms with Crippen LogP contribution in [0, 0.1) is 15.5 Å². The van der Waals surface area contributed by atoms with E-state index in [0.29, 0.717) is 25.1 Å². The first-order chi connectivity index (χ1) is 8.53. The van der Waals surface area contributed by atoms with Gasteiger partial charge in [0.25, 0.3) is 0 Å². The van der Waals surface area contributed by atoms with Crippen molar-refractivity contribution in [2.75, 3.05) is 11.9 Å². The van der Waals surface area contributed by atoms with Crippen LogP contribution in [0.15, 0.2) is 18.3 Å². The van der Waals surface area contributed by atoms with E-state index in [1.165, 1.54) is 18.3 Å². The molecule has 1 aromatic heterocycles. The summed E-state index contributed by atoms with van der Waals surface area (Å²) in [6, 6.07) is 2.82. The summed E-state index contributed by atoms with van der Waals surface area (Å²) < 4.78 is 0. The highest BCUT2D eigenvalue weighted by Gasteiger charge is 2.44. The fraction of sp³-hybridized carbons (Fsp3) is 0.455. The molecular weight excluding hydrogens is 238 g/mol. The summed E-state index contributed by atoms with van der Waals surface area (Å²) in [7, 11) is 0. The zero-order valence-electron chi connectivity index (χ0n) is 9.63. The zero-order chi connectivity index (χ0) is 13.2. The normalized spacial score (nSPS) is 16.7. The maximum Gasteiger partial charge on any atom is 0.363 e. The van der Waals surface area contributed by atoms with Gasteiger partial charge in [0.05, 0.1) is 11.1 Å². The smallest absolute Gasteiger partial charge is 0.363 e. The molecule has 7 heteroatoms.